The first-order chi connectivity index (χ1) is 14.8. The van der Waals surface area contributed by atoms with Gasteiger partial charge in [-0.1, -0.05) is 26.7 Å². The van der Waals surface area contributed by atoms with Gasteiger partial charge in [-0.25, -0.2) is 9.67 Å². The lowest BCUT2D eigenvalue weighted by Crippen LogP contribution is -2.51. The molecule has 2 aromatic rings. The van der Waals surface area contributed by atoms with Gasteiger partial charge in [0.15, 0.2) is 5.82 Å². The molecule has 1 amide bonds. The average molecular weight is 435 g/mol. The van der Waals surface area contributed by atoms with Gasteiger partial charge in [0.2, 0.25) is 0 Å². The summed E-state index contributed by atoms with van der Waals surface area (Å²) in [4.78, 5) is 21.6. The Balaban J connectivity index is 1.53. The van der Waals surface area contributed by atoms with Crippen molar-refractivity contribution in [3.8, 4) is 5.82 Å². The topological polar surface area (TPSA) is 54.3 Å². The van der Waals surface area contributed by atoms with Gasteiger partial charge in [0.25, 0.3) is 5.91 Å². The van der Waals surface area contributed by atoms with Crippen LogP contribution in [-0.4, -0.2) is 62.7 Å². The summed E-state index contributed by atoms with van der Waals surface area (Å²) >= 11 is 0. The van der Waals surface area contributed by atoms with Crippen LogP contribution in [0.1, 0.15) is 67.1 Å². The molecule has 1 aliphatic heterocycles. The van der Waals surface area contributed by atoms with Gasteiger partial charge in [-0.3, -0.25) is 9.69 Å². The number of aromatic nitrogens is 3. The summed E-state index contributed by atoms with van der Waals surface area (Å²) in [6.45, 7) is 6.98. The molecule has 2 aromatic heterocycles. The molecule has 2 fully saturated rings. The number of nitrogens with zero attached hydrogens (tertiary/aromatic N) is 5. The van der Waals surface area contributed by atoms with E-state index in [0.29, 0.717) is 30.4 Å². The summed E-state index contributed by atoms with van der Waals surface area (Å²) in [5, 5.41) is 4.31. The summed E-state index contributed by atoms with van der Waals surface area (Å²) in [7, 11) is 0. The van der Waals surface area contributed by atoms with E-state index >= 15 is 0 Å². The normalized spacial score (nSPS) is 18.8. The van der Waals surface area contributed by atoms with Crippen LogP contribution in [0.4, 0.5) is 13.2 Å². The number of hydrogen-bond donors (Lipinski definition) is 0. The molecule has 1 saturated carbocycles. The maximum atomic E-state index is 13.3. The summed E-state index contributed by atoms with van der Waals surface area (Å²) in [5.41, 5.74) is 0.340. The predicted molar refractivity (Wildman–Crippen MR) is 110 cm³/mol. The second kappa shape index (κ2) is 8.61. The number of carbonyl (C=O) groups excluding carboxylic acids is 1. The Bertz CT molecular complexity index is 908. The molecule has 0 atom stereocenters. The highest BCUT2D eigenvalue weighted by Gasteiger charge is 2.32. The second-order valence-corrected chi connectivity index (χ2v) is 8.68. The van der Waals surface area contributed by atoms with Crippen molar-refractivity contribution in [2.45, 2.75) is 57.7 Å². The second-order valence-electron chi connectivity index (χ2n) is 8.68. The molecular formula is C22H28F3N5O. The SMILES string of the molecule is CC(C)c1c(C(=O)N2CCN(C3CCCC3)CC2)cnn1-c1ccc(C(F)(F)F)cn1. The van der Waals surface area contributed by atoms with E-state index in [0.717, 1.165) is 25.4 Å². The van der Waals surface area contributed by atoms with Crippen LogP contribution in [0, 0.1) is 0 Å². The van der Waals surface area contributed by atoms with Crippen LogP contribution in [0.15, 0.2) is 24.5 Å². The van der Waals surface area contributed by atoms with Crippen LogP contribution in [0.25, 0.3) is 5.82 Å². The monoisotopic (exact) mass is 435 g/mol. The van der Waals surface area contributed by atoms with E-state index in [-0.39, 0.29) is 17.6 Å². The summed E-state index contributed by atoms with van der Waals surface area (Å²) in [6.07, 6.45) is 2.94. The van der Waals surface area contributed by atoms with Gasteiger partial charge in [-0.15, -0.1) is 0 Å². The minimum atomic E-state index is -4.45. The first-order valence-electron chi connectivity index (χ1n) is 10.9. The van der Waals surface area contributed by atoms with E-state index in [9.17, 15) is 18.0 Å². The van der Waals surface area contributed by atoms with E-state index in [1.54, 1.807) is 0 Å². The van der Waals surface area contributed by atoms with Gasteiger partial charge in [0.05, 0.1) is 23.0 Å². The van der Waals surface area contributed by atoms with Crippen LogP contribution in [0.3, 0.4) is 0 Å². The molecule has 168 valence electrons. The number of pyridine rings is 1. The number of alkyl halides is 3. The standard InChI is InChI=1S/C22H28F3N5O/c1-15(2)20-18(14-27-30(20)19-8-7-16(13-26-19)22(23,24)25)21(31)29-11-9-28(10-12-29)17-5-3-4-6-17/h7-8,13-15,17H,3-6,9-12H2,1-2H3. The third-order valence-electron chi connectivity index (χ3n) is 6.32. The lowest BCUT2D eigenvalue weighted by Gasteiger charge is -2.38. The number of carbonyl (C=O) groups is 1. The fourth-order valence-electron chi connectivity index (χ4n) is 4.67. The zero-order valence-electron chi connectivity index (χ0n) is 17.9. The van der Waals surface area contributed by atoms with Crippen molar-refractivity contribution in [1.82, 2.24) is 24.6 Å². The zero-order valence-corrected chi connectivity index (χ0v) is 17.9. The Morgan fingerprint density at radius 1 is 1.06 bits per heavy atom. The molecule has 1 aliphatic carbocycles. The van der Waals surface area contributed by atoms with Gasteiger partial charge in [-0.2, -0.15) is 18.3 Å². The quantitative estimate of drug-likeness (QED) is 0.725. The van der Waals surface area contributed by atoms with Crippen molar-refractivity contribution < 1.29 is 18.0 Å². The maximum absolute atomic E-state index is 13.3. The van der Waals surface area contributed by atoms with Gasteiger partial charge in [0.1, 0.15) is 0 Å². The lowest BCUT2D eigenvalue weighted by molar-refractivity contribution is -0.137. The Morgan fingerprint density at radius 3 is 2.29 bits per heavy atom. The van der Waals surface area contributed by atoms with Crippen LogP contribution in [0.5, 0.6) is 0 Å². The highest BCUT2D eigenvalue weighted by Crippen LogP contribution is 2.30. The Hall–Kier alpha value is -2.42. The molecule has 0 N–H and O–H groups in total. The Morgan fingerprint density at radius 2 is 1.74 bits per heavy atom. The fourth-order valence-corrected chi connectivity index (χ4v) is 4.67. The lowest BCUT2D eigenvalue weighted by atomic mass is 10.0. The highest BCUT2D eigenvalue weighted by atomic mass is 19.4. The minimum absolute atomic E-state index is 0.0506. The molecule has 0 radical (unpaired) electrons. The molecule has 2 aliphatic rings. The van der Waals surface area contributed by atoms with E-state index < -0.39 is 11.7 Å². The van der Waals surface area contributed by atoms with Crippen LogP contribution >= 0.6 is 0 Å². The van der Waals surface area contributed by atoms with Gasteiger partial charge in [0, 0.05) is 38.4 Å². The maximum Gasteiger partial charge on any atom is 0.417 e. The summed E-state index contributed by atoms with van der Waals surface area (Å²) in [5.74, 6) is 0.139. The summed E-state index contributed by atoms with van der Waals surface area (Å²) in [6, 6.07) is 2.92. The van der Waals surface area contributed by atoms with Crippen LogP contribution in [0.2, 0.25) is 0 Å². The van der Waals surface area contributed by atoms with Crippen molar-refractivity contribution in [1.29, 1.82) is 0 Å². The molecule has 0 bridgehead atoms. The first kappa shape index (κ1) is 21.8. The zero-order chi connectivity index (χ0) is 22.2. The highest BCUT2D eigenvalue weighted by molar-refractivity contribution is 5.95. The molecule has 0 aromatic carbocycles. The molecule has 3 heterocycles. The van der Waals surface area contributed by atoms with E-state index in [1.807, 2.05) is 18.7 Å². The predicted octanol–water partition coefficient (Wildman–Crippen LogP) is 4.11. The minimum Gasteiger partial charge on any atom is -0.336 e. The van der Waals surface area contributed by atoms with E-state index in [2.05, 4.69) is 15.0 Å². The van der Waals surface area contributed by atoms with Crippen molar-refractivity contribution in [2.24, 2.45) is 0 Å². The van der Waals surface area contributed by atoms with Crippen molar-refractivity contribution in [3.05, 3.63) is 41.3 Å². The van der Waals surface area contributed by atoms with Gasteiger partial charge >= 0.3 is 6.18 Å². The largest absolute Gasteiger partial charge is 0.417 e. The summed E-state index contributed by atoms with van der Waals surface area (Å²) < 4.78 is 40.0. The fraction of sp³-hybridized carbons (Fsp3) is 0.591. The van der Waals surface area contributed by atoms with E-state index in [4.69, 9.17) is 0 Å². The number of rotatable bonds is 4. The molecule has 1 saturated heterocycles. The molecule has 9 heteroatoms. The number of piperazine rings is 1. The number of halogens is 3. The molecule has 31 heavy (non-hydrogen) atoms. The molecule has 0 unspecified atom stereocenters. The third-order valence-corrected chi connectivity index (χ3v) is 6.32. The first-order valence-corrected chi connectivity index (χ1v) is 10.9. The van der Waals surface area contributed by atoms with Crippen molar-refractivity contribution in [2.75, 3.05) is 26.2 Å². The molecule has 6 nitrogen and oxygen atoms in total. The van der Waals surface area contributed by atoms with Crippen molar-refractivity contribution >= 4 is 5.91 Å². The average Bonchev–Trinajstić information content (AvgIpc) is 3.43. The smallest absolute Gasteiger partial charge is 0.336 e. The van der Waals surface area contributed by atoms with Gasteiger partial charge in [-0.05, 0) is 30.9 Å². The number of amides is 1. The Kier molecular flexibility index (Phi) is 6.05. The van der Waals surface area contributed by atoms with Crippen molar-refractivity contribution in [3.63, 3.8) is 0 Å². The molecular weight excluding hydrogens is 407 g/mol. The Labute approximate surface area is 180 Å². The molecule has 0 spiro atoms. The van der Waals surface area contributed by atoms with E-state index in [1.165, 1.54) is 42.6 Å². The molecule has 4 rings (SSSR count). The van der Waals surface area contributed by atoms with Crippen LogP contribution in [-0.2, 0) is 6.18 Å². The van der Waals surface area contributed by atoms with Gasteiger partial charge < -0.3 is 4.90 Å². The third kappa shape index (κ3) is 4.46. The number of hydrogen-bond acceptors (Lipinski definition) is 4. The van der Waals surface area contributed by atoms with Crippen LogP contribution < -0.4 is 0 Å².